The molecule has 0 atom stereocenters. The molecule has 0 unspecified atom stereocenters. The van der Waals surface area contributed by atoms with Crippen LogP contribution in [0.2, 0.25) is 0 Å². The molecule has 1 amide bonds. The predicted molar refractivity (Wildman–Crippen MR) is 124 cm³/mol. The van der Waals surface area contributed by atoms with Gasteiger partial charge in [0, 0.05) is 22.1 Å². The number of carbonyl (C=O) groups excluding carboxylic acids is 1. The minimum atomic E-state index is -0.0206. The van der Waals surface area contributed by atoms with Gasteiger partial charge in [0.1, 0.15) is 5.69 Å². The number of amides is 1. The lowest BCUT2D eigenvalue weighted by molar-refractivity contribution is -0.116. The molecule has 4 rings (SSSR count). The summed E-state index contributed by atoms with van der Waals surface area (Å²) in [5.41, 5.74) is 1.41. The Bertz CT molecular complexity index is 1120. The van der Waals surface area contributed by atoms with Crippen LogP contribution in [-0.4, -0.2) is 23.3 Å². The highest BCUT2D eigenvalue weighted by Gasteiger charge is 2.14. The Balaban J connectivity index is 1.33. The zero-order valence-corrected chi connectivity index (χ0v) is 18.2. The average Bonchev–Trinajstić information content (AvgIpc) is 3.40. The summed E-state index contributed by atoms with van der Waals surface area (Å²) >= 11 is 3.15. The van der Waals surface area contributed by atoms with Crippen LogP contribution < -0.4 is 10.1 Å². The molecule has 0 aliphatic rings. The fourth-order valence-electron chi connectivity index (χ4n) is 3.00. The van der Waals surface area contributed by atoms with Gasteiger partial charge in [0.25, 0.3) is 0 Å². The molecule has 0 fully saturated rings. The number of hydrogen-bond acceptors (Lipinski definition) is 6. The normalized spacial score (nSPS) is 11.0. The van der Waals surface area contributed by atoms with E-state index in [4.69, 9.17) is 9.15 Å². The predicted octanol–water partition coefficient (Wildman–Crippen LogP) is 6.47. The Kier molecular flexibility index (Phi) is 6.71. The lowest BCUT2D eigenvalue weighted by Crippen LogP contribution is -2.11. The average molecular weight is 439 g/mol. The molecular weight excluding hydrogens is 416 g/mol. The zero-order chi connectivity index (χ0) is 20.8. The summed E-state index contributed by atoms with van der Waals surface area (Å²) in [6.45, 7) is 2.52. The molecule has 1 N–H and O–H groups in total. The SMILES string of the molecule is CCOc1cccc2cc(-c3csc(NC(=O)CCCSc4ccccc4)n3)oc12. The third-order valence-electron chi connectivity index (χ3n) is 4.37. The Morgan fingerprint density at radius 2 is 2.07 bits per heavy atom. The summed E-state index contributed by atoms with van der Waals surface area (Å²) in [6, 6.07) is 18.0. The number of anilines is 1. The molecule has 4 aromatic rings. The van der Waals surface area contributed by atoms with Gasteiger partial charge in [-0.25, -0.2) is 4.98 Å². The summed E-state index contributed by atoms with van der Waals surface area (Å²) in [7, 11) is 0. The van der Waals surface area contributed by atoms with Crippen LogP contribution in [0.5, 0.6) is 5.75 Å². The highest BCUT2D eigenvalue weighted by atomic mass is 32.2. The number of thiazole rings is 1. The van der Waals surface area contributed by atoms with E-state index in [9.17, 15) is 4.79 Å². The van der Waals surface area contributed by atoms with Crippen molar-refractivity contribution in [1.82, 2.24) is 4.98 Å². The number of carbonyl (C=O) groups is 1. The van der Waals surface area contributed by atoms with Gasteiger partial charge in [0.15, 0.2) is 22.2 Å². The van der Waals surface area contributed by atoms with Crippen molar-refractivity contribution < 1.29 is 13.9 Å². The second kappa shape index (κ2) is 9.82. The number of furan rings is 1. The minimum Gasteiger partial charge on any atom is -0.490 e. The van der Waals surface area contributed by atoms with Crippen LogP contribution in [0.15, 0.2) is 69.3 Å². The number of ether oxygens (including phenoxy) is 1. The second-order valence-electron chi connectivity index (χ2n) is 6.57. The molecule has 0 saturated heterocycles. The van der Waals surface area contributed by atoms with E-state index in [1.807, 2.05) is 54.8 Å². The molecule has 0 saturated carbocycles. The smallest absolute Gasteiger partial charge is 0.226 e. The van der Waals surface area contributed by atoms with E-state index < -0.39 is 0 Å². The van der Waals surface area contributed by atoms with E-state index in [1.165, 1.54) is 16.2 Å². The number of para-hydroxylation sites is 1. The molecule has 0 aliphatic heterocycles. The van der Waals surface area contributed by atoms with Gasteiger partial charge in [0.05, 0.1) is 6.61 Å². The second-order valence-corrected chi connectivity index (χ2v) is 8.60. The van der Waals surface area contributed by atoms with Gasteiger partial charge in [-0.3, -0.25) is 4.79 Å². The van der Waals surface area contributed by atoms with Crippen LogP contribution in [0.1, 0.15) is 19.8 Å². The Morgan fingerprint density at radius 1 is 1.20 bits per heavy atom. The van der Waals surface area contributed by atoms with E-state index >= 15 is 0 Å². The van der Waals surface area contributed by atoms with Crippen molar-refractivity contribution in [2.75, 3.05) is 17.7 Å². The lowest BCUT2D eigenvalue weighted by Gasteiger charge is -2.02. The molecule has 2 heterocycles. The molecular formula is C23H22N2O3S2. The number of nitrogens with one attached hydrogen (secondary N) is 1. The Labute approximate surface area is 183 Å². The van der Waals surface area contributed by atoms with Crippen molar-refractivity contribution in [2.24, 2.45) is 0 Å². The summed E-state index contributed by atoms with van der Waals surface area (Å²) in [6.07, 6.45) is 1.28. The number of fused-ring (bicyclic) bond motifs is 1. The van der Waals surface area contributed by atoms with E-state index in [1.54, 1.807) is 11.8 Å². The van der Waals surface area contributed by atoms with E-state index in [0.717, 1.165) is 23.3 Å². The summed E-state index contributed by atoms with van der Waals surface area (Å²) in [5, 5.41) is 6.32. The number of thioether (sulfide) groups is 1. The van der Waals surface area contributed by atoms with Gasteiger partial charge in [-0.15, -0.1) is 23.1 Å². The maximum atomic E-state index is 12.2. The summed E-state index contributed by atoms with van der Waals surface area (Å²) in [5.74, 6) is 2.26. The highest BCUT2D eigenvalue weighted by molar-refractivity contribution is 7.99. The molecule has 2 aromatic heterocycles. The third-order valence-corrected chi connectivity index (χ3v) is 6.23. The van der Waals surface area contributed by atoms with Gasteiger partial charge in [-0.2, -0.15) is 0 Å². The number of nitrogens with zero attached hydrogens (tertiary/aromatic N) is 1. The maximum absolute atomic E-state index is 12.2. The molecule has 0 spiro atoms. The number of benzene rings is 2. The fraction of sp³-hybridized carbons (Fsp3) is 0.217. The first-order valence-corrected chi connectivity index (χ1v) is 11.7. The molecule has 2 aromatic carbocycles. The third kappa shape index (κ3) is 5.04. The van der Waals surface area contributed by atoms with E-state index in [-0.39, 0.29) is 5.91 Å². The van der Waals surface area contributed by atoms with Crippen LogP contribution in [0, 0.1) is 0 Å². The molecule has 0 aliphatic carbocycles. The zero-order valence-electron chi connectivity index (χ0n) is 16.6. The highest BCUT2D eigenvalue weighted by Crippen LogP contribution is 2.34. The van der Waals surface area contributed by atoms with Gasteiger partial charge >= 0.3 is 0 Å². The van der Waals surface area contributed by atoms with Crippen LogP contribution in [0.25, 0.3) is 22.4 Å². The molecule has 7 heteroatoms. The summed E-state index contributed by atoms with van der Waals surface area (Å²) < 4.78 is 11.6. The van der Waals surface area contributed by atoms with E-state index in [2.05, 4.69) is 22.4 Å². The first-order valence-electron chi connectivity index (χ1n) is 9.82. The van der Waals surface area contributed by atoms with Crippen molar-refractivity contribution in [2.45, 2.75) is 24.7 Å². The van der Waals surface area contributed by atoms with Crippen molar-refractivity contribution in [3.8, 4) is 17.2 Å². The first-order chi connectivity index (χ1) is 14.7. The largest absolute Gasteiger partial charge is 0.490 e. The van der Waals surface area contributed by atoms with Crippen LogP contribution in [-0.2, 0) is 4.79 Å². The Hall–Kier alpha value is -2.77. The Morgan fingerprint density at radius 3 is 2.90 bits per heavy atom. The number of aromatic nitrogens is 1. The van der Waals surface area contributed by atoms with Crippen LogP contribution >= 0.6 is 23.1 Å². The summed E-state index contributed by atoms with van der Waals surface area (Å²) in [4.78, 5) is 18.0. The van der Waals surface area contributed by atoms with E-state index in [0.29, 0.717) is 35.2 Å². The van der Waals surface area contributed by atoms with Gasteiger partial charge in [-0.1, -0.05) is 30.3 Å². The van der Waals surface area contributed by atoms with Crippen molar-refractivity contribution in [3.63, 3.8) is 0 Å². The first kappa shape index (κ1) is 20.5. The van der Waals surface area contributed by atoms with Crippen LogP contribution in [0.4, 0.5) is 5.13 Å². The molecule has 5 nitrogen and oxygen atoms in total. The van der Waals surface area contributed by atoms with Crippen molar-refractivity contribution in [1.29, 1.82) is 0 Å². The maximum Gasteiger partial charge on any atom is 0.226 e. The quantitative estimate of drug-likeness (QED) is 0.240. The molecule has 154 valence electrons. The topological polar surface area (TPSA) is 64.4 Å². The standard InChI is InChI=1S/C23H22N2O3S2/c1-2-27-19-11-6-8-16-14-20(28-22(16)19)18-15-30-23(24-18)25-21(26)12-7-13-29-17-9-4-3-5-10-17/h3-6,8-11,14-15H,2,7,12-13H2,1H3,(H,24,25,26). The van der Waals surface area contributed by atoms with Gasteiger partial charge in [0.2, 0.25) is 5.91 Å². The molecule has 30 heavy (non-hydrogen) atoms. The van der Waals surface area contributed by atoms with Crippen LogP contribution in [0.3, 0.4) is 0 Å². The minimum absolute atomic E-state index is 0.0206. The molecule has 0 bridgehead atoms. The van der Waals surface area contributed by atoms with Gasteiger partial charge in [-0.05, 0) is 43.4 Å². The van der Waals surface area contributed by atoms with Crippen molar-refractivity contribution >= 4 is 45.1 Å². The monoisotopic (exact) mass is 438 g/mol. The number of hydrogen-bond donors (Lipinski definition) is 1. The van der Waals surface area contributed by atoms with Gasteiger partial charge < -0.3 is 14.5 Å². The number of rotatable bonds is 9. The molecule has 0 radical (unpaired) electrons. The van der Waals surface area contributed by atoms with Crippen molar-refractivity contribution in [3.05, 3.63) is 60.0 Å². The lowest BCUT2D eigenvalue weighted by atomic mass is 10.2. The fourth-order valence-corrected chi connectivity index (χ4v) is 4.59.